The quantitative estimate of drug-likeness (QED) is 0.486. The molecule has 2 aromatic heterocycles. The third-order valence-electron chi connectivity index (χ3n) is 5.60. The van der Waals surface area contributed by atoms with Gasteiger partial charge >= 0.3 is 0 Å². The second-order valence-corrected chi connectivity index (χ2v) is 9.26. The predicted molar refractivity (Wildman–Crippen MR) is 122 cm³/mol. The van der Waals surface area contributed by atoms with Gasteiger partial charge in [-0.2, -0.15) is 0 Å². The summed E-state index contributed by atoms with van der Waals surface area (Å²) < 4.78 is 5.39. The van der Waals surface area contributed by atoms with Crippen molar-refractivity contribution in [3.8, 4) is 0 Å². The van der Waals surface area contributed by atoms with Gasteiger partial charge in [0.2, 0.25) is 5.91 Å². The van der Waals surface area contributed by atoms with Crippen LogP contribution in [0.3, 0.4) is 0 Å². The van der Waals surface area contributed by atoms with Crippen molar-refractivity contribution in [1.29, 1.82) is 0 Å². The third-order valence-corrected chi connectivity index (χ3v) is 6.71. The van der Waals surface area contributed by atoms with Crippen molar-refractivity contribution in [3.63, 3.8) is 0 Å². The van der Waals surface area contributed by atoms with Crippen molar-refractivity contribution in [2.75, 3.05) is 0 Å². The second-order valence-electron chi connectivity index (χ2n) is 7.79. The summed E-state index contributed by atoms with van der Waals surface area (Å²) in [5, 5.41) is 5.74. The van der Waals surface area contributed by atoms with Gasteiger partial charge in [-0.25, -0.2) is 0 Å². The van der Waals surface area contributed by atoms with Crippen molar-refractivity contribution in [1.82, 2.24) is 10.2 Å². The number of carbonyl (C=O) groups excluding carboxylic acids is 2. The Hall–Kier alpha value is -2.57. The molecule has 162 valence electrons. The molecule has 1 fully saturated rings. The molecule has 0 bridgehead atoms. The van der Waals surface area contributed by atoms with Gasteiger partial charge in [-0.3, -0.25) is 9.59 Å². The number of hydrogen-bond acceptors (Lipinski definition) is 4. The summed E-state index contributed by atoms with van der Waals surface area (Å²) >= 11 is 7.65. The van der Waals surface area contributed by atoms with Crippen molar-refractivity contribution >= 4 is 34.8 Å². The summed E-state index contributed by atoms with van der Waals surface area (Å²) in [5.41, 5.74) is 0.717. The fraction of sp³-hybridized carbons (Fsp3) is 0.333. The lowest BCUT2D eigenvalue weighted by Gasteiger charge is -2.32. The first-order chi connectivity index (χ1) is 15.1. The highest BCUT2D eigenvalue weighted by Crippen LogP contribution is 2.29. The molecule has 1 saturated carbocycles. The first-order valence-electron chi connectivity index (χ1n) is 10.5. The molecule has 1 aromatic carbocycles. The van der Waals surface area contributed by atoms with Crippen LogP contribution < -0.4 is 5.32 Å². The first kappa shape index (κ1) is 21.7. The summed E-state index contributed by atoms with van der Waals surface area (Å²) in [7, 11) is 0. The Bertz CT molecular complexity index is 981. The van der Waals surface area contributed by atoms with Crippen LogP contribution in [0.15, 0.2) is 64.6 Å². The molecule has 1 aliphatic rings. The van der Waals surface area contributed by atoms with E-state index >= 15 is 0 Å². The zero-order valence-corrected chi connectivity index (χ0v) is 18.7. The van der Waals surface area contributed by atoms with Gasteiger partial charge in [0.05, 0.1) is 12.8 Å². The first-order valence-corrected chi connectivity index (χ1v) is 11.8. The summed E-state index contributed by atoms with van der Waals surface area (Å²) in [5.74, 6) is -0.288. The van der Waals surface area contributed by atoms with Crippen LogP contribution in [0.1, 0.15) is 59.1 Å². The number of halogens is 1. The number of carbonyl (C=O) groups is 2. The van der Waals surface area contributed by atoms with Crippen LogP contribution in [0, 0.1) is 0 Å². The molecule has 3 aromatic rings. The number of rotatable bonds is 7. The maximum Gasteiger partial charge on any atom is 0.290 e. The molecule has 1 atom stereocenters. The number of nitrogens with one attached hydrogen (secondary N) is 1. The van der Waals surface area contributed by atoms with Gasteiger partial charge < -0.3 is 14.6 Å². The maximum absolute atomic E-state index is 13.6. The molecule has 0 spiro atoms. The number of furan rings is 1. The SMILES string of the molecule is O=C(NC1CCCCC1)[C@H](c1ccc(Cl)cc1)N(Cc1cccs1)C(=O)c1ccco1. The molecule has 0 aliphatic heterocycles. The van der Waals surface area contributed by atoms with Crippen molar-refractivity contribution in [3.05, 3.63) is 81.4 Å². The lowest BCUT2D eigenvalue weighted by Crippen LogP contribution is -2.46. The summed E-state index contributed by atoms with van der Waals surface area (Å²) in [6.07, 6.45) is 6.83. The van der Waals surface area contributed by atoms with Crippen LogP contribution in [-0.4, -0.2) is 22.8 Å². The Balaban J connectivity index is 1.70. The molecule has 31 heavy (non-hydrogen) atoms. The predicted octanol–water partition coefficient (Wildman–Crippen LogP) is 5.83. The smallest absolute Gasteiger partial charge is 0.290 e. The fourth-order valence-corrected chi connectivity index (χ4v) is 4.87. The lowest BCUT2D eigenvalue weighted by molar-refractivity contribution is -0.127. The minimum Gasteiger partial charge on any atom is -0.459 e. The van der Waals surface area contributed by atoms with Crippen LogP contribution in [-0.2, 0) is 11.3 Å². The second kappa shape index (κ2) is 10.2. The van der Waals surface area contributed by atoms with Gasteiger partial charge in [-0.1, -0.05) is 49.1 Å². The number of thiophene rings is 1. The van der Waals surface area contributed by atoms with E-state index in [1.807, 2.05) is 29.6 Å². The van der Waals surface area contributed by atoms with Crippen LogP contribution in [0.25, 0.3) is 0 Å². The van der Waals surface area contributed by atoms with E-state index in [9.17, 15) is 9.59 Å². The van der Waals surface area contributed by atoms with Gasteiger partial charge in [-0.15, -0.1) is 11.3 Å². The van der Waals surface area contributed by atoms with Crippen LogP contribution in [0.5, 0.6) is 0 Å². The van der Waals surface area contributed by atoms with Gasteiger partial charge in [0.15, 0.2) is 5.76 Å². The highest BCUT2D eigenvalue weighted by Gasteiger charge is 2.34. The maximum atomic E-state index is 13.6. The molecule has 2 heterocycles. The molecule has 2 amide bonds. The van der Waals surface area contributed by atoms with E-state index in [1.54, 1.807) is 40.5 Å². The van der Waals surface area contributed by atoms with E-state index < -0.39 is 6.04 Å². The number of amides is 2. The summed E-state index contributed by atoms with van der Waals surface area (Å²) in [6.45, 7) is 0.308. The van der Waals surface area contributed by atoms with Gasteiger partial charge in [-0.05, 0) is 54.1 Å². The van der Waals surface area contributed by atoms with E-state index in [2.05, 4.69) is 5.32 Å². The Labute approximate surface area is 191 Å². The fourth-order valence-electron chi connectivity index (χ4n) is 4.04. The van der Waals surface area contributed by atoms with Crippen LogP contribution in [0.4, 0.5) is 0 Å². The standard InChI is InChI=1S/C24H25ClN2O3S/c25-18-12-10-17(11-13-18)22(23(28)26-19-6-2-1-3-7-19)27(16-20-8-5-15-31-20)24(29)21-9-4-14-30-21/h4-5,8-15,19,22H,1-3,6-7,16H2,(H,26,28)/t22-/m0/s1. The van der Waals surface area contributed by atoms with Crippen molar-refractivity contribution < 1.29 is 14.0 Å². The van der Waals surface area contributed by atoms with Crippen molar-refractivity contribution in [2.45, 2.75) is 50.7 Å². The average molecular weight is 457 g/mol. The van der Waals surface area contributed by atoms with Gasteiger partial charge in [0.25, 0.3) is 5.91 Å². The number of benzene rings is 1. The molecule has 4 rings (SSSR count). The van der Waals surface area contributed by atoms with E-state index in [0.29, 0.717) is 17.1 Å². The highest BCUT2D eigenvalue weighted by atomic mass is 35.5. The van der Waals surface area contributed by atoms with E-state index in [-0.39, 0.29) is 23.6 Å². The largest absolute Gasteiger partial charge is 0.459 e. The number of hydrogen-bond donors (Lipinski definition) is 1. The average Bonchev–Trinajstić information content (AvgIpc) is 3.49. The minimum atomic E-state index is -0.793. The molecule has 0 radical (unpaired) electrons. The third kappa shape index (κ3) is 5.38. The van der Waals surface area contributed by atoms with Crippen LogP contribution >= 0.6 is 22.9 Å². The molecule has 1 aliphatic carbocycles. The molecule has 0 unspecified atom stereocenters. The van der Waals surface area contributed by atoms with E-state index in [0.717, 1.165) is 30.6 Å². The zero-order chi connectivity index (χ0) is 21.6. The van der Waals surface area contributed by atoms with Gasteiger partial charge in [0, 0.05) is 15.9 Å². The molecule has 5 nitrogen and oxygen atoms in total. The normalized spacial score (nSPS) is 15.4. The summed E-state index contributed by atoms with van der Waals surface area (Å²) in [6, 6.07) is 13.7. The molecular weight excluding hydrogens is 432 g/mol. The van der Waals surface area contributed by atoms with Crippen molar-refractivity contribution in [2.24, 2.45) is 0 Å². The van der Waals surface area contributed by atoms with Gasteiger partial charge in [0.1, 0.15) is 6.04 Å². The molecule has 7 heteroatoms. The van der Waals surface area contributed by atoms with Crippen LogP contribution in [0.2, 0.25) is 5.02 Å². The Morgan fingerprint density at radius 1 is 1.10 bits per heavy atom. The minimum absolute atomic E-state index is 0.137. The topological polar surface area (TPSA) is 62.6 Å². The molecule has 1 N–H and O–H groups in total. The highest BCUT2D eigenvalue weighted by molar-refractivity contribution is 7.09. The Morgan fingerprint density at radius 2 is 1.87 bits per heavy atom. The zero-order valence-electron chi connectivity index (χ0n) is 17.1. The van der Waals surface area contributed by atoms with E-state index in [4.69, 9.17) is 16.0 Å². The van der Waals surface area contributed by atoms with E-state index in [1.165, 1.54) is 12.7 Å². The monoisotopic (exact) mass is 456 g/mol. The lowest BCUT2D eigenvalue weighted by atomic mass is 9.94. The Kier molecular flexibility index (Phi) is 7.10. The Morgan fingerprint density at radius 3 is 2.52 bits per heavy atom. The summed E-state index contributed by atoms with van der Waals surface area (Å²) in [4.78, 5) is 29.6. The number of nitrogens with zero attached hydrogens (tertiary/aromatic N) is 1. The molecule has 0 saturated heterocycles. The molecular formula is C24H25ClN2O3S.